The van der Waals surface area contributed by atoms with E-state index in [-0.39, 0.29) is 23.0 Å². The van der Waals surface area contributed by atoms with Crippen LogP contribution in [0, 0.1) is 0 Å². The number of carbonyl (C=O) groups is 2. The Labute approximate surface area is 173 Å². The molecule has 0 unspecified atom stereocenters. The molecule has 0 spiro atoms. The quantitative estimate of drug-likeness (QED) is 0.601. The normalized spacial score (nSPS) is 11.2. The van der Waals surface area contributed by atoms with E-state index in [1.54, 1.807) is 30.4 Å². The van der Waals surface area contributed by atoms with Gasteiger partial charge in [-0.2, -0.15) is 13.2 Å². The summed E-state index contributed by atoms with van der Waals surface area (Å²) in [5.41, 5.74) is -0.0203. The Bertz CT molecular complexity index is 1050. The molecule has 1 aromatic carbocycles. The Balaban J connectivity index is 1.69. The zero-order valence-electron chi connectivity index (χ0n) is 15.9. The smallest absolute Gasteiger partial charge is 0.416 e. The van der Waals surface area contributed by atoms with Crippen LogP contribution in [0.1, 0.15) is 21.8 Å². The number of rotatable bonds is 6. The number of halogens is 3. The second-order valence-electron chi connectivity index (χ2n) is 6.42. The summed E-state index contributed by atoms with van der Waals surface area (Å²) < 4.78 is 44.0. The molecule has 158 valence electrons. The molecular weight excluding hydrogens is 421 g/mol. The molecule has 0 saturated heterocycles. The van der Waals surface area contributed by atoms with Crippen molar-refractivity contribution >= 4 is 39.7 Å². The van der Waals surface area contributed by atoms with Gasteiger partial charge in [0.25, 0.3) is 5.91 Å². The number of hydrogen-bond donors (Lipinski definition) is 2. The van der Waals surface area contributed by atoms with Crippen LogP contribution in [0.25, 0.3) is 0 Å². The third kappa shape index (κ3) is 5.17. The first-order valence-corrected chi connectivity index (χ1v) is 9.49. The monoisotopic (exact) mass is 438 g/mol. The molecule has 0 bridgehead atoms. The second kappa shape index (κ2) is 8.57. The standard InChI is InChI=1S/C19H17F3N4O3S/c1-26(2)14-6-5-11(19(20,21)22)8-13(14)24-16(27)9-12-10-30-18(23-12)25-17(28)15-4-3-7-29-15/h3-8,10H,9H2,1-2H3,(H,24,27)(H,23,25,28). The van der Waals surface area contributed by atoms with Crippen molar-refractivity contribution in [2.45, 2.75) is 12.6 Å². The zero-order chi connectivity index (χ0) is 21.9. The Kier molecular flexibility index (Phi) is 6.11. The molecule has 3 aromatic rings. The minimum Gasteiger partial charge on any atom is -0.459 e. The Hall–Kier alpha value is -3.34. The number of hydrogen-bond acceptors (Lipinski definition) is 6. The van der Waals surface area contributed by atoms with Gasteiger partial charge >= 0.3 is 6.18 Å². The van der Waals surface area contributed by atoms with E-state index in [0.29, 0.717) is 11.4 Å². The lowest BCUT2D eigenvalue weighted by Gasteiger charge is -2.19. The zero-order valence-corrected chi connectivity index (χ0v) is 16.7. The molecule has 3 rings (SSSR count). The highest BCUT2D eigenvalue weighted by Crippen LogP contribution is 2.35. The SMILES string of the molecule is CN(C)c1ccc(C(F)(F)F)cc1NC(=O)Cc1csc(NC(=O)c2ccco2)n1. The van der Waals surface area contributed by atoms with Crippen LogP contribution in [0.3, 0.4) is 0 Å². The van der Waals surface area contributed by atoms with Crippen molar-refractivity contribution in [3.63, 3.8) is 0 Å². The molecule has 0 atom stereocenters. The molecule has 11 heteroatoms. The van der Waals surface area contributed by atoms with Gasteiger partial charge in [0.2, 0.25) is 5.91 Å². The van der Waals surface area contributed by atoms with Crippen LogP contribution >= 0.6 is 11.3 Å². The maximum absolute atomic E-state index is 13.0. The molecule has 2 heterocycles. The average Bonchev–Trinajstić information content (AvgIpc) is 3.33. The highest BCUT2D eigenvalue weighted by molar-refractivity contribution is 7.14. The van der Waals surface area contributed by atoms with E-state index < -0.39 is 23.6 Å². The number of anilines is 3. The van der Waals surface area contributed by atoms with Crippen LogP contribution < -0.4 is 15.5 Å². The molecule has 0 aliphatic carbocycles. The molecule has 0 aliphatic rings. The van der Waals surface area contributed by atoms with E-state index in [4.69, 9.17) is 4.42 Å². The highest BCUT2D eigenvalue weighted by Gasteiger charge is 2.31. The van der Waals surface area contributed by atoms with Crippen molar-refractivity contribution in [3.05, 3.63) is 59.0 Å². The van der Waals surface area contributed by atoms with Crippen molar-refractivity contribution in [3.8, 4) is 0 Å². The molecule has 0 saturated carbocycles. The fourth-order valence-corrected chi connectivity index (χ4v) is 3.28. The third-order valence-corrected chi connectivity index (χ3v) is 4.75. The van der Waals surface area contributed by atoms with E-state index in [9.17, 15) is 22.8 Å². The first-order valence-electron chi connectivity index (χ1n) is 8.61. The van der Waals surface area contributed by atoms with Gasteiger partial charge in [-0.15, -0.1) is 11.3 Å². The van der Waals surface area contributed by atoms with Crippen molar-refractivity contribution in [1.29, 1.82) is 0 Å². The predicted octanol–water partition coefficient (Wildman–Crippen LogP) is 4.25. The minimum absolute atomic E-state index is 0.0430. The van der Waals surface area contributed by atoms with E-state index in [2.05, 4.69) is 15.6 Å². The van der Waals surface area contributed by atoms with Crippen molar-refractivity contribution in [2.75, 3.05) is 29.6 Å². The topological polar surface area (TPSA) is 87.5 Å². The number of aromatic nitrogens is 1. The van der Waals surface area contributed by atoms with Gasteiger partial charge in [-0.3, -0.25) is 14.9 Å². The summed E-state index contributed by atoms with van der Waals surface area (Å²) >= 11 is 1.12. The number of furan rings is 1. The summed E-state index contributed by atoms with van der Waals surface area (Å²) in [6, 6.07) is 6.21. The van der Waals surface area contributed by atoms with Gasteiger partial charge in [-0.05, 0) is 30.3 Å². The highest BCUT2D eigenvalue weighted by atomic mass is 32.1. The van der Waals surface area contributed by atoms with Gasteiger partial charge in [-0.25, -0.2) is 4.98 Å². The molecule has 0 aliphatic heterocycles. The molecule has 30 heavy (non-hydrogen) atoms. The lowest BCUT2D eigenvalue weighted by molar-refractivity contribution is -0.137. The molecule has 2 amide bonds. The molecule has 7 nitrogen and oxygen atoms in total. The average molecular weight is 438 g/mol. The summed E-state index contributed by atoms with van der Waals surface area (Å²) in [6.45, 7) is 0. The summed E-state index contributed by atoms with van der Waals surface area (Å²) in [5.74, 6) is -0.901. The van der Waals surface area contributed by atoms with Gasteiger partial charge in [0, 0.05) is 19.5 Å². The number of carbonyl (C=O) groups excluding carboxylic acids is 2. The van der Waals surface area contributed by atoms with Gasteiger partial charge in [0.05, 0.1) is 35.3 Å². The van der Waals surface area contributed by atoms with E-state index in [1.165, 1.54) is 18.4 Å². The Morgan fingerprint density at radius 1 is 1.20 bits per heavy atom. The summed E-state index contributed by atoms with van der Waals surface area (Å²) in [4.78, 5) is 30.1. The van der Waals surface area contributed by atoms with Crippen LogP contribution in [-0.2, 0) is 17.4 Å². The lowest BCUT2D eigenvalue weighted by atomic mass is 10.1. The number of nitrogens with one attached hydrogen (secondary N) is 2. The Morgan fingerprint density at radius 3 is 2.60 bits per heavy atom. The summed E-state index contributed by atoms with van der Waals surface area (Å²) in [5, 5.41) is 6.90. The molecular formula is C19H17F3N4O3S. The number of thiazole rings is 1. The van der Waals surface area contributed by atoms with Gasteiger partial charge in [0.15, 0.2) is 10.9 Å². The van der Waals surface area contributed by atoms with Crippen molar-refractivity contribution in [1.82, 2.24) is 4.98 Å². The van der Waals surface area contributed by atoms with Gasteiger partial charge in [-0.1, -0.05) is 0 Å². The first-order chi connectivity index (χ1) is 14.1. The van der Waals surface area contributed by atoms with Crippen LogP contribution in [0.4, 0.5) is 29.7 Å². The van der Waals surface area contributed by atoms with Gasteiger partial charge in [0.1, 0.15) is 0 Å². The second-order valence-corrected chi connectivity index (χ2v) is 7.28. The van der Waals surface area contributed by atoms with E-state index >= 15 is 0 Å². The molecule has 2 N–H and O–H groups in total. The fourth-order valence-electron chi connectivity index (χ4n) is 2.57. The van der Waals surface area contributed by atoms with Crippen LogP contribution in [-0.4, -0.2) is 30.9 Å². The number of benzene rings is 1. The van der Waals surface area contributed by atoms with Crippen LogP contribution in [0.15, 0.2) is 46.4 Å². The molecule has 0 fully saturated rings. The maximum Gasteiger partial charge on any atom is 0.416 e. The number of nitrogens with zero attached hydrogens (tertiary/aromatic N) is 2. The lowest BCUT2D eigenvalue weighted by Crippen LogP contribution is -2.19. The van der Waals surface area contributed by atoms with Gasteiger partial charge < -0.3 is 14.6 Å². The molecule has 2 aromatic heterocycles. The summed E-state index contributed by atoms with van der Waals surface area (Å²) in [6.07, 6.45) is -3.33. The number of alkyl halides is 3. The van der Waals surface area contributed by atoms with Crippen LogP contribution in [0.5, 0.6) is 0 Å². The van der Waals surface area contributed by atoms with Crippen molar-refractivity contribution < 1.29 is 27.2 Å². The minimum atomic E-state index is -4.53. The first kappa shape index (κ1) is 21.4. The van der Waals surface area contributed by atoms with Crippen LogP contribution in [0.2, 0.25) is 0 Å². The molecule has 0 radical (unpaired) electrons. The summed E-state index contributed by atoms with van der Waals surface area (Å²) in [7, 11) is 3.32. The Morgan fingerprint density at radius 2 is 1.97 bits per heavy atom. The number of amides is 2. The van der Waals surface area contributed by atoms with E-state index in [1.807, 2.05) is 0 Å². The third-order valence-electron chi connectivity index (χ3n) is 3.94. The fraction of sp³-hybridized carbons (Fsp3) is 0.211. The largest absolute Gasteiger partial charge is 0.459 e. The van der Waals surface area contributed by atoms with E-state index in [0.717, 1.165) is 23.5 Å². The predicted molar refractivity (Wildman–Crippen MR) is 107 cm³/mol. The maximum atomic E-state index is 13.0. The van der Waals surface area contributed by atoms with Crippen molar-refractivity contribution in [2.24, 2.45) is 0 Å².